The third-order valence-corrected chi connectivity index (χ3v) is 6.13. The van der Waals surface area contributed by atoms with Gasteiger partial charge in [0.2, 0.25) is 0 Å². The zero-order chi connectivity index (χ0) is 19.9. The van der Waals surface area contributed by atoms with Crippen LogP contribution in [0.4, 0.5) is 0 Å². The maximum atomic E-state index is 12.7. The molecule has 1 atom stereocenters. The van der Waals surface area contributed by atoms with Gasteiger partial charge in [0.1, 0.15) is 5.75 Å². The molecule has 0 aliphatic heterocycles. The first-order valence-corrected chi connectivity index (χ1v) is 11.1. The predicted molar refractivity (Wildman–Crippen MR) is 119 cm³/mol. The molecule has 0 fully saturated rings. The number of aryl methyl sites for hydroxylation is 1. The van der Waals surface area contributed by atoms with E-state index in [9.17, 15) is 4.79 Å². The third-order valence-electron chi connectivity index (χ3n) is 5.16. The molecular weight excluding hydrogens is 378 g/mol. The summed E-state index contributed by atoms with van der Waals surface area (Å²) in [6.07, 6.45) is 3.19. The van der Waals surface area contributed by atoms with Crippen molar-refractivity contribution in [3.05, 3.63) is 95.6 Å². The fraction of sp³-hybridized carbons (Fsp3) is 0.240. The second-order valence-electron chi connectivity index (χ2n) is 7.15. The van der Waals surface area contributed by atoms with Gasteiger partial charge in [0.05, 0.1) is 12.6 Å². The van der Waals surface area contributed by atoms with E-state index in [2.05, 4.69) is 35.6 Å². The highest BCUT2D eigenvalue weighted by molar-refractivity contribution is 7.99. The first-order chi connectivity index (χ1) is 14.3. The Morgan fingerprint density at radius 3 is 2.55 bits per heavy atom. The average Bonchev–Trinajstić information content (AvgIpc) is 2.78. The highest BCUT2D eigenvalue weighted by Crippen LogP contribution is 2.29. The Kier molecular flexibility index (Phi) is 6.52. The summed E-state index contributed by atoms with van der Waals surface area (Å²) >= 11 is 1.77. The van der Waals surface area contributed by atoms with Crippen molar-refractivity contribution in [2.45, 2.75) is 30.2 Å². The molecule has 148 valence electrons. The van der Waals surface area contributed by atoms with Crippen molar-refractivity contribution >= 4 is 17.7 Å². The van der Waals surface area contributed by atoms with Crippen LogP contribution in [0.1, 0.15) is 40.4 Å². The van der Waals surface area contributed by atoms with Crippen LogP contribution in [0.3, 0.4) is 0 Å². The van der Waals surface area contributed by atoms with Gasteiger partial charge in [-0.3, -0.25) is 4.79 Å². The van der Waals surface area contributed by atoms with Gasteiger partial charge in [0.25, 0.3) is 5.91 Å². The lowest BCUT2D eigenvalue weighted by molar-refractivity contribution is 0.0932. The zero-order valence-electron chi connectivity index (χ0n) is 16.3. The monoisotopic (exact) mass is 403 g/mol. The van der Waals surface area contributed by atoms with Gasteiger partial charge in [-0.05, 0) is 66.8 Å². The lowest BCUT2D eigenvalue weighted by Gasteiger charge is -2.26. The van der Waals surface area contributed by atoms with Crippen molar-refractivity contribution in [3.8, 4) is 5.75 Å². The standard InChI is InChI=1S/C25H25NO2S/c27-25(26-24-12-6-8-19-7-4-5-11-23(19)24)20-13-15-21(16-14-20)28-17-18-29-22-9-2-1-3-10-22/h1-5,7,9-11,13-16,24H,6,8,12,17-18H2,(H,26,27)/t24-/m1/s1. The van der Waals surface area contributed by atoms with Crippen molar-refractivity contribution in [1.82, 2.24) is 5.32 Å². The Balaban J connectivity index is 1.28. The van der Waals surface area contributed by atoms with Gasteiger partial charge in [-0.15, -0.1) is 11.8 Å². The number of nitrogens with one attached hydrogen (secondary N) is 1. The largest absolute Gasteiger partial charge is 0.493 e. The molecule has 1 aliphatic rings. The van der Waals surface area contributed by atoms with E-state index in [1.807, 2.05) is 48.5 Å². The summed E-state index contributed by atoms with van der Waals surface area (Å²) in [6.45, 7) is 0.629. The third kappa shape index (κ3) is 5.21. The van der Waals surface area contributed by atoms with E-state index in [4.69, 9.17) is 4.74 Å². The fourth-order valence-electron chi connectivity index (χ4n) is 3.68. The number of ether oxygens (including phenoxy) is 1. The Morgan fingerprint density at radius 2 is 1.72 bits per heavy atom. The van der Waals surface area contributed by atoms with Crippen molar-refractivity contribution in [2.24, 2.45) is 0 Å². The molecule has 4 heteroatoms. The maximum Gasteiger partial charge on any atom is 0.251 e. The lowest BCUT2D eigenvalue weighted by atomic mass is 9.87. The number of thioether (sulfide) groups is 1. The van der Waals surface area contributed by atoms with E-state index in [1.54, 1.807) is 11.8 Å². The molecule has 1 aliphatic carbocycles. The zero-order valence-corrected chi connectivity index (χ0v) is 17.2. The van der Waals surface area contributed by atoms with Crippen LogP contribution in [0.5, 0.6) is 5.75 Å². The van der Waals surface area contributed by atoms with Crippen molar-refractivity contribution in [1.29, 1.82) is 0 Å². The van der Waals surface area contributed by atoms with Gasteiger partial charge in [0, 0.05) is 16.2 Å². The summed E-state index contributed by atoms with van der Waals surface area (Å²) in [5.41, 5.74) is 3.27. The molecule has 1 N–H and O–H groups in total. The number of hydrogen-bond acceptors (Lipinski definition) is 3. The number of carbonyl (C=O) groups is 1. The number of carbonyl (C=O) groups excluding carboxylic acids is 1. The molecule has 0 aromatic heterocycles. The Bertz CT molecular complexity index is 941. The van der Waals surface area contributed by atoms with Crippen LogP contribution in [0.15, 0.2) is 83.8 Å². The van der Waals surface area contributed by atoms with Crippen molar-refractivity contribution in [2.75, 3.05) is 12.4 Å². The summed E-state index contributed by atoms with van der Waals surface area (Å²) in [5.74, 6) is 1.64. The summed E-state index contributed by atoms with van der Waals surface area (Å²) in [4.78, 5) is 13.9. The molecule has 0 spiro atoms. The van der Waals surface area contributed by atoms with Gasteiger partial charge < -0.3 is 10.1 Å². The second kappa shape index (κ2) is 9.66. The molecule has 0 heterocycles. The van der Waals surface area contributed by atoms with Gasteiger partial charge in [-0.25, -0.2) is 0 Å². The molecule has 3 nitrogen and oxygen atoms in total. The minimum atomic E-state index is -0.0297. The summed E-state index contributed by atoms with van der Waals surface area (Å²) in [5, 5.41) is 3.20. The van der Waals surface area contributed by atoms with Crippen LogP contribution in [0.2, 0.25) is 0 Å². The number of amides is 1. The minimum Gasteiger partial charge on any atom is -0.493 e. The molecule has 3 aromatic carbocycles. The van der Waals surface area contributed by atoms with Crippen LogP contribution in [-0.4, -0.2) is 18.3 Å². The topological polar surface area (TPSA) is 38.3 Å². The SMILES string of the molecule is O=C(N[C@@H]1CCCc2ccccc21)c1ccc(OCCSc2ccccc2)cc1. The Labute approximate surface area is 176 Å². The maximum absolute atomic E-state index is 12.7. The van der Waals surface area contributed by atoms with Crippen LogP contribution < -0.4 is 10.1 Å². The number of rotatable bonds is 7. The normalized spacial score (nSPS) is 15.4. The molecule has 29 heavy (non-hydrogen) atoms. The first-order valence-electron chi connectivity index (χ1n) is 10.1. The van der Waals surface area contributed by atoms with E-state index >= 15 is 0 Å². The molecule has 0 saturated heterocycles. The van der Waals surface area contributed by atoms with Crippen LogP contribution >= 0.6 is 11.8 Å². The van der Waals surface area contributed by atoms with E-state index in [1.165, 1.54) is 16.0 Å². The van der Waals surface area contributed by atoms with E-state index < -0.39 is 0 Å². The smallest absolute Gasteiger partial charge is 0.251 e. The van der Waals surface area contributed by atoms with Gasteiger partial charge in [-0.2, -0.15) is 0 Å². The molecule has 0 saturated carbocycles. The van der Waals surface area contributed by atoms with E-state index in [0.717, 1.165) is 30.8 Å². The number of hydrogen-bond donors (Lipinski definition) is 1. The minimum absolute atomic E-state index is 0.0297. The van der Waals surface area contributed by atoms with Crippen LogP contribution in [0, 0.1) is 0 Å². The van der Waals surface area contributed by atoms with Crippen LogP contribution in [0.25, 0.3) is 0 Å². The molecule has 4 rings (SSSR count). The summed E-state index contributed by atoms with van der Waals surface area (Å²) < 4.78 is 5.81. The quantitative estimate of drug-likeness (QED) is 0.408. The number of benzene rings is 3. The Morgan fingerprint density at radius 1 is 0.966 bits per heavy atom. The summed E-state index contributed by atoms with van der Waals surface area (Å²) in [7, 11) is 0. The molecule has 1 amide bonds. The number of fused-ring (bicyclic) bond motifs is 1. The van der Waals surface area contributed by atoms with Gasteiger partial charge in [0.15, 0.2) is 0 Å². The fourth-order valence-corrected chi connectivity index (χ4v) is 4.44. The van der Waals surface area contributed by atoms with Crippen molar-refractivity contribution in [3.63, 3.8) is 0 Å². The Hall–Kier alpha value is -2.72. The molecule has 3 aromatic rings. The highest BCUT2D eigenvalue weighted by atomic mass is 32.2. The first kappa shape index (κ1) is 19.6. The second-order valence-corrected chi connectivity index (χ2v) is 8.32. The molecular formula is C25H25NO2S. The highest BCUT2D eigenvalue weighted by Gasteiger charge is 2.21. The van der Waals surface area contributed by atoms with Gasteiger partial charge in [-0.1, -0.05) is 42.5 Å². The molecule has 0 unspecified atom stereocenters. The van der Waals surface area contributed by atoms with E-state index in [-0.39, 0.29) is 11.9 Å². The lowest BCUT2D eigenvalue weighted by Crippen LogP contribution is -2.30. The van der Waals surface area contributed by atoms with Crippen LogP contribution in [-0.2, 0) is 6.42 Å². The van der Waals surface area contributed by atoms with E-state index in [0.29, 0.717) is 12.2 Å². The van der Waals surface area contributed by atoms with Gasteiger partial charge >= 0.3 is 0 Å². The molecule has 0 bridgehead atoms. The van der Waals surface area contributed by atoms with Crippen molar-refractivity contribution < 1.29 is 9.53 Å². The average molecular weight is 404 g/mol. The summed E-state index contributed by atoms with van der Waals surface area (Å²) in [6, 6.07) is 26.2. The molecule has 0 radical (unpaired) electrons. The predicted octanol–water partition coefficient (Wildman–Crippen LogP) is 5.67.